The van der Waals surface area contributed by atoms with E-state index < -0.39 is 10.0 Å². The Kier molecular flexibility index (Phi) is 3.34. The Morgan fingerprint density at radius 1 is 1.19 bits per heavy atom. The summed E-state index contributed by atoms with van der Waals surface area (Å²) in [5.41, 5.74) is 1.63. The van der Waals surface area contributed by atoms with E-state index in [0.29, 0.717) is 23.4 Å². The molecule has 0 atom stereocenters. The van der Waals surface area contributed by atoms with Crippen LogP contribution in [0.3, 0.4) is 0 Å². The first-order chi connectivity index (χ1) is 10.1. The summed E-state index contributed by atoms with van der Waals surface area (Å²) >= 11 is 0. The lowest BCUT2D eigenvalue weighted by Gasteiger charge is -2.30. The molecule has 2 heterocycles. The van der Waals surface area contributed by atoms with Crippen LogP contribution < -0.4 is 4.31 Å². The third kappa shape index (κ3) is 2.25. The van der Waals surface area contributed by atoms with Crippen LogP contribution in [0.25, 0.3) is 0 Å². The van der Waals surface area contributed by atoms with E-state index >= 15 is 0 Å². The maximum atomic E-state index is 12.7. The fourth-order valence-electron chi connectivity index (χ4n) is 2.38. The van der Waals surface area contributed by atoms with Gasteiger partial charge in [0.05, 0.1) is 11.4 Å². The Hall–Kier alpha value is -2.41. The summed E-state index contributed by atoms with van der Waals surface area (Å²) in [6.07, 6.45) is 3.21. The van der Waals surface area contributed by atoms with Crippen molar-refractivity contribution in [3.05, 3.63) is 54.4 Å². The lowest BCUT2D eigenvalue weighted by atomic mass is 10.0. The maximum absolute atomic E-state index is 12.7. The van der Waals surface area contributed by atoms with Crippen LogP contribution in [-0.4, -0.2) is 30.9 Å². The standard InChI is InChI=1S/C14H13N3O3S/c18-16-13-7-9-17(14-6-2-1-5-12(13)14)21(19,20)11-4-3-8-15-10-11/h1-6,8,10,18H,7,9H2. The van der Waals surface area contributed by atoms with Crippen LogP contribution in [0.15, 0.2) is 58.8 Å². The second-order valence-corrected chi connectivity index (χ2v) is 6.44. The first-order valence-electron chi connectivity index (χ1n) is 6.37. The van der Waals surface area contributed by atoms with Gasteiger partial charge in [-0.2, -0.15) is 0 Å². The molecule has 0 radical (unpaired) electrons. The predicted octanol–water partition coefficient (Wildman–Crippen LogP) is 1.86. The van der Waals surface area contributed by atoms with Crippen molar-refractivity contribution in [2.45, 2.75) is 11.3 Å². The van der Waals surface area contributed by atoms with E-state index in [1.54, 1.807) is 30.3 Å². The third-order valence-corrected chi connectivity index (χ3v) is 5.18. The van der Waals surface area contributed by atoms with Gasteiger partial charge in [0.2, 0.25) is 0 Å². The number of benzene rings is 1. The highest BCUT2D eigenvalue weighted by Gasteiger charge is 2.31. The molecule has 0 saturated heterocycles. The van der Waals surface area contributed by atoms with Crippen LogP contribution >= 0.6 is 0 Å². The maximum Gasteiger partial charge on any atom is 0.265 e. The molecule has 21 heavy (non-hydrogen) atoms. The molecule has 6 nitrogen and oxygen atoms in total. The average Bonchev–Trinajstić information content (AvgIpc) is 2.54. The first-order valence-corrected chi connectivity index (χ1v) is 7.81. The molecule has 1 aromatic carbocycles. The largest absolute Gasteiger partial charge is 0.411 e. The van der Waals surface area contributed by atoms with Crippen molar-refractivity contribution < 1.29 is 13.6 Å². The number of oxime groups is 1. The molecule has 1 aliphatic heterocycles. The molecule has 0 aliphatic carbocycles. The summed E-state index contributed by atoms with van der Waals surface area (Å²) in [6.45, 7) is 0.230. The van der Waals surface area contributed by atoms with E-state index in [0.717, 1.165) is 0 Å². The van der Waals surface area contributed by atoms with E-state index in [9.17, 15) is 8.42 Å². The molecule has 1 aliphatic rings. The fourth-order valence-corrected chi connectivity index (χ4v) is 3.83. The molecule has 108 valence electrons. The van der Waals surface area contributed by atoms with Crippen molar-refractivity contribution in [3.63, 3.8) is 0 Å². The highest BCUT2D eigenvalue weighted by molar-refractivity contribution is 7.92. The predicted molar refractivity (Wildman–Crippen MR) is 78.2 cm³/mol. The van der Waals surface area contributed by atoms with Gasteiger partial charge < -0.3 is 5.21 Å². The number of nitrogens with zero attached hydrogens (tertiary/aromatic N) is 3. The van der Waals surface area contributed by atoms with Crippen LogP contribution in [0.2, 0.25) is 0 Å². The Labute approximate surface area is 122 Å². The molecule has 1 N–H and O–H groups in total. The first kappa shape index (κ1) is 13.6. The lowest BCUT2D eigenvalue weighted by molar-refractivity contribution is 0.318. The molecule has 7 heteroatoms. The van der Waals surface area contributed by atoms with Gasteiger partial charge in [0, 0.05) is 30.9 Å². The van der Waals surface area contributed by atoms with Crippen molar-refractivity contribution in [1.82, 2.24) is 4.98 Å². The topological polar surface area (TPSA) is 82.9 Å². The van der Waals surface area contributed by atoms with Gasteiger partial charge in [0.1, 0.15) is 4.90 Å². The van der Waals surface area contributed by atoms with E-state index in [4.69, 9.17) is 5.21 Å². The van der Waals surface area contributed by atoms with Crippen LogP contribution in [0.5, 0.6) is 0 Å². The van der Waals surface area contributed by atoms with Crippen molar-refractivity contribution >= 4 is 21.4 Å². The molecule has 0 unspecified atom stereocenters. The van der Waals surface area contributed by atoms with E-state index in [1.807, 2.05) is 0 Å². The quantitative estimate of drug-likeness (QED) is 0.678. The van der Waals surface area contributed by atoms with E-state index in [2.05, 4.69) is 10.1 Å². The number of sulfonamides is 1. The van der Waals surface area contributed by atoms with Gasteiger partial charge in [-0.25, -0.2) is 8.42 Å². The van der Waals surface area contributed by atoms with Crippen molar-refractivity contribution in [1.29, 1.82) is 0 Å². The summed E-state index contributed by atoms with van der Waals surface area (Å²) < 4.78 is 26.8. The van der Waals surface area contributed by atoms with Crippen LogP contribution in [0, 0.1) is 0 Å². The summed E-state index contributed by atoms with van der Waals surface area (Å²) in [5, 5.41) is 12.3. The minimum atomic E-state index is -3.67. The number of fused-ring (bicyclic) bond motifs is 1. The number of anilines is 1. The van der Waals surface area contributed by atoms with Gasteiger partial charge >= 0.3 is 0 Å². The summed E-state index contributed by atoms with van der Waals surface area (Å²) in [5.74, 6) is 0. The van der Waals surface area contributed by atoms with Crippen LogP contribution in [-0.2, 0) is 10.0 Å². The van der Waals surface area contributed by atoms with E-state index in [1.165, 1.54) is 22.8 Å². The second kappa shape index (κ2) is 5.17. The third-order valence-electron chi connectivity index (χ3n) is 3.38. The smallest absolute Gasteiger partial charge is 0.265 e. The molecule has 1 aromatic heterocycles. The van der Waals surface area contributed by atoms with E-state index in [-0.39, 0.29) is 11.4 Å². The molecule has 0 spiro atoms. The van der Waals surface area contributed by atoms with Crippen LogP contribution in [0.1, 0.15) is 12.0 Å². The molecule has 3 rings (SSSR count). The Bertz CT molecular complexity index is 788. The molecular weight excluding hydrogens is 290 g/mol. The van der Waals surface area contributed by atoms with Gasteiger partial charge in [0.15, 0.2) is 0 Å². The van der Waals surface area contributed by atoms with Crippen molar-refractivity contribution in [2.24, 2.45) is 5.16 Å². The molecule has 0 amide bonds. The van der Waals surface area contributed by atoms with Gasteiger partial charge in [0.25, 0.3) is 10.0 Å². The minimum Gasteiger partial charge on any atom is -0.411 e. The lowest BCUT2D eigenvalue weighted by Crippen LogP contribution is -2.37. The van der Waals surface area contributed by atoms with Gasteiger partial charge in [-0.05, 0) is 18.2 Å². The monoisotopic (exact) mass is 303 g/mol. The number of aromatic nitrogens is 1. The Morgan fingerprint density at radius 2 is 2.00 bits per heavy atom. The normalized spacial score (nSPS) is 16.8. The number of rotatable bonds is 2. The summed E-state index contributed by atoms with van der Waals surface area (Å²) in [6, 6.07) is 10.1. The second-order valence-electron chi connectivity index (χ2n) is 4.58. The Morgan fingerprint density at radius 3 is 2.71 bits per heavy atom. The Balaban J connectivity index is 2.13. The zero-order chi connectivity index (χ0) is 14.9. The molecular formula is C14H13N3O3S. The summed E-state index contributed by atoms with van der Waals surface area (Å²) in [4.78, 5) is 4.01. The minimum absolute atomic E-state index is 0.143. The number of hydrogen-bond donors (Lipinski definition) is 1. The number of para-hydroxylation sites is 1. The fraction of sp³-hybridized carbons (Fsp3) is 0.143. The number of pyridine rings is 1. The van der Waals surface area contributed by atoms with Gasteiger partial charge in [-0.1, -0.05) is 23.4 Å². The average molecular weight is 303 g/mol. The summed E-state index contributed by atoms with van der Waals surface area (Å²) in [7, 11) is -3.67. The van der Waals surface area contributed by atoms with Gasteiger partial charge in [-0.3, -0.25) is 9.29 Å². The molecule has 2 aromatic rings. The molecule has 0 fully saturated rings. The zero-order valence-corrected chi connectivity index (χ0v) is 11.9. The highest BCUT2D eigenvalue weighted by atomic mass is 32.2. The highest BCUT2D eigenvalue weighted by Crippen LogP contribution is 2.31. The SMILES string of the molecule is O=S(=O)(c1cccnc1)N1CCC(=NO)c2ccccc21. The van der Waals surface area contributed by atoms with Crippen molar-refractivity contribution in [2.75, 3.05) is 10.8 Å². The van der Waals surface area contributed by atoms with Crippen LogP contribution in [0.4, 0.5) is 5.69 Å². The zero-order valence-electron chi connectivity index (χ0n) is 11.0. The molecule has 0 saturated carbocycles. The molecule has 0 bridgehead atoms. The number of hydrogen-bond acceptors (Lipinski definition) is 5. The van der Waals surface area contributed by atoms with Gasteiger partial charge in [-0.15, -0.1) is 0 Å². The van der Waals surface area contributed by atoms with Crippen molar-refractivity contribution in [3.8, 4) is 0 Å².